The molecule has 3 N–H and O–H groups in total. The molecule has 25 heavy (non-hydrogen) atoms. The molecule has 1 aliphatic heterocycles. The zero-order valence-electron chi connectivity index (χ0n) is 14.7. The number of aryl methyl sites for hydroxylation is 1. The smallest absolute Gasteiger partial charge is 0.251 e. The predicted octanol–water partition coefficient (Wildman–Crippen LogP) is 2.35. The Kier molecular flexibility index (Phi) is 3.40. The molecule has 0 saturated carbocycles. The Labute approximate surface area is 144 Å². The molecule has 6 nitrogen and oxygen atoms in total. The van der Waals surface area contributed by atoms with Crippen LogP contribution in [0.15, 0.2) is 12.1 Å². The largest absolute Gasteiger partial charge is 0.366 e. The average molecular weight is 343 g/mol. The van der Waals surface area contributed by atoms with Crippen molar-refractivity contribution in [3.05, 3.63) is 34.8 Å². The van der Waals surface area contributed by atoms with Crippen LogP contribution >= 0.6 is 0 Å². The van der Waals surface area contributed by atoms with E-state index in [1.54, 1.807) is 4.52 Å². The van der Waals surface area contributed by atoms with Gasteiger partial charge in [-0.3, -0.25) is 9.89 Å². The minimum absolute atomic E-state index is 0.00927. The third-order valence-electron chi connectivity index (χ3n) is 5.55. The fourth-order valence-corrected chi connectivity index (χ4v) is 4.12. The zero-order chi connectivity index (χ0) is 17.9. The van der Waals surface area contributed by atoms with Crippen LogP contribution in [0.2, 0.25) is 0 Å². The van der Waals surface area contributed by atoms with E-state index in [0.29, 0.717) is 11.0 Å². The highest BCUT2D eigenvalue weighted by molar-refractivity contribution is 6.05. The number of nitrogens with zero attached hydrogens (tertiary/aromatic N) is 3. The van der Waals surface area contributed by atoms with Crippen LogP contribution in [0.25, 0.3) is 16.7 Å². The number of rotatable bonds is 2. The Hall–Kier alpha value is -2.41. The summed E-state index contributed by atoms with van der Waals surface area (Å²) in [6.07, 6.45) is 2.05. The number of nitrogens with two attached hydrogens (primary N) is 1. The second-order valence-electron chi connectivity index (χ2n) is 7.43. The maximum absolute atomic E-state index is 13.9. The van der Waals surface area contributed by atoms with E-state index in [1.807, 2.05) is 6.92 Å². The summed E-state index contributed by atoms with van der Waals surface area (Å²) < 4.78 is 15.7. The molecule has 1 saturated heterocycles. The van der Waals surface area contributed by atoms with E-state index in [-0.39, 0.29) is 11.0 Å². The zero-order valence-corrected chi connectivity index (χ0v) is 14.7. The molecule has 4 rings (SSSR count). The van der Waals surface area contributed by atoms with Gasteiger partial charge in [-0.25, -0.2) is 13.9 Å². The van der Waals surface area contributed by atoms with Gasteiger partial charge in [-0.15, -0.1) is 0 Å². The van der Waals surface area contributed by atoms with E-state index in [2.05, 4.69) is 29.0 Å². The first-order valence-corrected chi connectivity index (χ1v) is 8.49. The summed E-state index contributed by atoms with van der Waals surface area (Å²) in [6.45, 7) is 6.32. The molecule has 0 bridgehead atoms. The summed E-state index contributed by atoms with van der Waals surface area (Å²) in [5, 5.41) is 3.31. The monoisotopic (exact) mass is 343 g/mol. The molecular weight excluding hydrogens is 321 g/mol. The Bertz CT molecular complexity index is 994. The van der Waals surface area contributed by atoms with Gasteiger partial charge in [0.2, 0.25) is 0 Å². The van der Waals surface area contributed by atoms with Gasteiger partial charge in [0, 0.05) is 22.7 Å². The number of hydrogen-bond acceptors (Lipinski definition) is 3. The number of H-pyrrole nitrogens is 1. The molecule has 0 unspecified atom stereocenters. The lowest BCUT2D eigenvalue weighted by Gasteiger charge is -2.37. The lowest BCUT2D eigenvalue weighted by Crippen LogP contribution is -2.39. The van der Waals surface area contributed by atoms with Crippen LogP contribution in [0.1, 0.15) is 41.4 Å². The Balaban J connectivity index is 2.00. The first kappa shape index (κ1) is 16.1. The van der Waals surface area contributed by atoms with Gasteiger partial charge in [0.25, 0.3) is 5.91 Å². The number of fused-ring (bicyclic) bond motifs is 3. The predicted molar refractivity (Wildman–Crippen MR) is 94.3 cm³/mol. The van der Waals surface area contributed by atoms with E-state index in [0.717, 1.165) is 42.8 Å². The van der Waals surface area contributed by atoms with Crippen molar-refractivity contribution in [1.29, 1.82) is 0 Å². The molecule has 2 aromatic heterocycles. The lowest BCUT2D eigenvalue weighted by molar-refractivity contribution is 0.100. The number of hydrogen-bond donors (Lipinski definition) is 2. The fourth-order valence-electron chi connectivity index (χ4n) is 4.12. The maximum Gasteiger partial charge on any atom is 0.251 e. The van der Waals surface area contributed by atoms with Gasteiger partial charge in [0.05, 0.1) is 11.1 Å². The van der Waals surface area contributed by atoms with Crippen molar-refractivity contribution in [2.24, 2.45) is 5.73 Å². The highest BCUT2D eigenvalue weighted by Crippen LogP contribution is 2.39. The van der Waals surface area contributed by atoms with E-state index in [4.69, 9.17) is 5.73 Å². The topological polar surface area (TPSA) is 79.4 Å². The van der Waals surface area contributed by atoms with Gasteiger partial charge in [0.1, 0.15) is 11.3 Å². The number of imidazole rings is 1. The van der Waals surface area contributed by atoms with E-state index in [9.17, 15) is 9.18 Å². The third kappa shape index (κ3) is 2.33. The number of aromatic nitrogens is 3. The molecule has 1 aromatic carbocycles. The number of amides is 1. The number of likely N-dealkylation sites (tertiary alicyclic amines) is 1. The second-order valence-corrected chi connectivity index (χ2v) is 7.43. The average Bonchev–Trinajstić information content (AvgIpc) is 3.03. The Morgan fingerprint density at radius 3 is 2.68 bits per heavy atom. The summed E-state index contributed by atoms with van der Waals surface area (Å²) in [5.74, 6) is -1.17. The van der Waals surface area contributed by atoms with E-state index < -0.39 is 11.7 Å². The highest BCUT2D eigenvalue weighted by atomic mass is 19.1. The minimum atomic E-state index is -0.661. The van der Waals surface area contributed by atoms with Crippen molar-refractivity contribution in [2.75, 3.05) is 20.1 Å². The van der Waals surface area contributed by atoms with E-state index >= 15 is 0 Å². The number of piperidine rings is 1. The SMILES string of the molecule is Cc1[nH]n2c(nc3cc(F)cc(C(N)=O)c32)c1C1(C)CCN(C)CC1. The number of carbonyl (C=O) groups excluding carboxylic acids is 1. The maximum atomic E-state index is 13.9. The summed E-state index contributed by atoms with van der Waals surface area (Å²) in [4.78, 5) is 18.8. The van der Waals surface area contributed by atoms with Crippen molar-refractivity contribution >= 4 is 22.6 Å². The summed E-state index contributed by atoms with van der Waals surface area (Å²) in [5.41, 5.74) is 9.50. The van der Waals surface area contributed by atoms with Gasteiger partial charge in [-0.1, -0.05) is 6.92 Å². The number of nitrogens with one attached hydrogen (secondary N) is 1. The van der Waals surface area contributed by atoms with Crippen LogP contribution < -0.4 is 5.73 Å². The quantitative estimate of drug-likeness (QED) is 0.749. The minimum Gasteiger partial charge on any atom is -0.366 e. The normalized spacial score (nSPS) is 18.2. The molecule has 132 valence electrons. The highest BCUT2D eigenvalue weighted by Gasteiger charge is 2.36. The summed E-state index contributed by atoms with van der Waals surface area (Å²) >= 11 is 0. The number of benzene rings is 1. The van der Waals surface area contributed by atoms with Crippen LogP contribution in [0.5, 0.6) is 0 Å². The van der Waals surface area contributed by atoms with Gasteiger partial charge in [0.15, 0.2) is 5.65 Å². The van der Waals surface area contributed by atoms with Crippen molar-refractivity contribution < 1.29 is 9.18 Å². The first-order valence-electron chi connectivity index (χ1n) is 8.49. The number of carbonyl (C=O) groups is 1. The second kappa shape index (κ2) is 5.29. The van der Waals surface area contributed by atoms with Gasteiger partial charge >= 0.3 is 0 Å². The molecule has 3 heterocycles. The number of aromatic amines is 1. The molecule has 0 spiro atoms. The number of halogens is 1. The molecule has 0 atom stereocenters. The van der Waals surface area contributed by atoms with Crippen molar-refractivity contribution in [1.82, 2.24) is 19.5 Å². The summed E-state index contributed by atoms with van der Waals surface area (Å²) in [6, 6.07) is 2.52. The van der Waals surface area contributed by atoms with Crippen molar-refractivity contribution in [3.8, 4) is 0 Å². The Morgan fingerprint density at radius 1 is 1.36 bits per heavy atom. The van der Waals surface area contributed by atoms with Crippen molar-refractivity contribution in [3.63, 3.8) is 0 Å². The molecule has 0 aliphatic carbocycles. The molecular formula is C18H22FN5O. The molecule has 0 radical (unpaired) electrons. The van der Waals surface area contributed by atoms with Crippen molar-refractivity contribution in [2.45, 2.75) is 32.1 Å². The molecule has 7 heteroatoms. The molecule has 1 amide bonds. The van der Waals surface area contributed by atoms with Gasteiger partial charge in [-0.05, 0) is 46.0 Å². The van der Waals surface area contributed by atoms with E-state index in [1.165, 1.54) is 12.1 Å². The van der Waals surface area contributed by atoms with Crippen LogP contribution in [-0.4, -0.2) is 45.5 Å². The fraction of sp³-hybridized carbons (Fsp3) is 0.444. The van der Waals surface area contributed by atoms with Gasteiger partial charge < -0.3 is 10.6 Å². The van der Waals surface area contributed by atoms with Crippen LogP contribution in [0.3, 0.4) is 0 Å². The van der Waals surface area contributed by atoms with Gasteiger partial charge in [-0.2, -0.15) is 0 Å². The summed E-state index contributed by atoms with van der Waals surface area (Å²) in [7, 11) is 2.13. The van der Waals surface area contributed by atoms with Crippen LogP contribution in [-0.2, 0) is 5.41 Å². The number of primary amides is 1. The lowest BCUT2D eigenvalue weighted by atomic mass is 9.74. The van der Waals surface area contributed by atoms with Crippen LogP contribution in [0.4, 0.5) is 4.39 Å². The molecule has 1 fully saturated rings. The van der Waals surface area contributed by atoms with Crippen LogP contribution in [0, 0.1) is 12.7 Å². The molecule has 3 aromatic rings. The Morgan fingerprint density at radius 2 is 2.04 bits per heavy atom. The third-order valence-corrected chi connectivity index (χ3v) is 5.55. The standard InChI is InChI=1S/C18H22FN5O/c1-10-14(18(2)4-6-23(3)7-5-18)17-21-13-9-11(19)8-12(16(20)25)15(13)24(17)22-10/h8-9,22H,4-7H2,1-3H3,(H2,20,25). The molecule has 1 aliphatic rings. The first-order chi connectivity index (χ1) is 11.8.